The Bertz CT molecular complexity index is 467. The molecule has 1 amide bonds. The van der Waals surface area contributed by atoms with Gasteiger partial charge in [0.1, 0.15) is 0 Å². The number of rotatable bonds is 6. The molecule has 1 atom stereocenters. The van der Waals surface area contributed by atoms with Crippen molar-refractivity contribution in [2.45, 2.75) is 25.8 Å². The van der Waals surface area contributed by atoms with Crippen LogP contribution in [0.2, 0.25) is 0 Å². The van der Waals surface area contributed by atoms with Crippen molar-refractivity contribution in [1.82, 2.24) is 25.6 Å². The summed E-state index contributed by atoms with van der Waals surface area (Å²) in [7, 11) is 0. The Balaban J connectivity index is 1.66. The second-order valence-corrected chi connectivity index (χ2v) is 4.94. The third-order valence-corrected chi connectivity index (χ3v) is 3.29. The van der Waals surface area contributed by atoms with Gasteiger partial charge in [0.15, 0.2) is 5.69 Å². The Morgan fingerprint density at radius 1 is 1.55 bits per heavy atom. The van der Waals surface area contributed by atoms with Gasteiger partial charge in [0.2, 0.25) is 5.91 Å². The Labute approximate surface area is 116 Å². The van der Waals surface area contributed by atoms with E-state index >= 15 is 0 Å². The normalized spacial score (nSPS) is 18.7. The number of piperidine rings is 1. The highest BCUT2D eigenvalue weighted by molar-refractivity contribution is 5.84. The molecule has 110 valence electrons. The molecule has 0 aromatic carbocycles. The van der Waals surface area contributed by atoms with Crippen molar-refractivity contribution in [2.24, 2.45) is 5.92 Å². The number of amides is 1. The van der Waals surface area contributed by atoms with Crippen LogP contribution in [0, 0.1) is 5.92 Å². The summed E-state index contributed by atoms with van der Waals surface area (Å²) in [5.41, 5.74) is -0.0930. The van der Waals surface area contributed by atoms with E-state index in [-0.39, 0.29) is 11.6 Å². The molecular formula is C12H19N5O3. The smallest absolute Gasteiger partial charge is 0.358 e. The van der Waals surface area contributed by atoms with Gasteiger partial charge in [-0.05, 0) is 31.8 Å². The van der Waals surface area contributed by atoms with Gasteiger partial charge in [-0.2, -0.15) is 0 Å². The van der Waals surface area contributed by atoms with E-state index in [4.69, 9.17) is 5.11 Å². The standard InChI is InChI=1S/C12H19N5O3/c18-11(6-9-2-1-3-13-7-9)14-4-5-17-8-10(12(19)20)15-16-17/h8-9,13H,1-7H2,(H,14,18)(H,19,20). The summed E-state index contributed by atoms with van der Waals surface area (Å²) in [6.07, 6.45) is 4.09. The van der Waals surface area contributed by atoms with E-state index in [2.05, 4.69) is 20.9 Å². The van der Waals surface area contributed by atoms with Crippen LogP contribution in [0.1, 0.15) is 29.8 Å². The SMILES string of the molecule is O=C(CC1CCCNC1)NCCn1cc(C(=O)O)nn1. The molecule has 1 aromatic rings. The summed E-state index contributed by atoms with van der Waals surface area (Å²) >= 11 is 0. The maximum Gasteiger partial charge on any atom is 0.358 e. The Morgan fingerprint density at radius 3 is 3.05 bits per heavy atom. The van der Waals surface area contributed by atoms with Gasteiger partial charge in [-0.3, -0.25) is 4.79 Å². The van der Waals surface area contributed by atoms with Gasteiger partial charge in [-0.1, -0.05) is 5.21 Å². The predicted octanol–water partition coefficient (Wildman–Crippen LogP) is -0.518. The predicted molar refractivity (Wildman–Crippen MR) is 70.2 cm³/mol. The van der Waals surface area contributed by atoms with Crippen LogP contribution >= 0.6 is 0 Å². The largest absolute Gasteiger partial charge is 0.476 e. The van der Waals surface area contributed by atoms with Crippen molar-refractivity contribution in [3.8, 4) is 0 Å². The van der Waals surface area contributed by atoms with Gasteiger partial charge in [0.25, 0.3) is 0 Å². The van der Waals surface area contributed by atoms with Crippen LogP contribution in [0.3, 0.4) is 0 Å². The number of nitrogens with one attached hydrogen (secondary N) is 2. The minimum absolute atomic E-state index is 0.0253. The van der Waals surface area contributed by atoms with Crippen LogP contribution in [-0.2, 0) is 11.3 Å². The molecule has 1 saturated heterocycles. The van der Waals surface area contributed by atoms with E-state index in [9.17, 15) is 9.59 Å². The Hall–Kier alpha value is -1.96. The van der Waals surface area contributed by atoms with Gasteiger partial charge < -0.3 is 15.7 Å². The average Bonchev–Trinajstić information content (AvgIpc) is 2.89. The second kappa shape index (κ2) is 6.99. The first-order valence-electron chi connectivity index (χ1n) is 6.76. The van der Waals surface area contributed by atoms with Crippen LogP contribution in [0.25, 0.3) is 0 Å². The van der Waals surface area contributed by atoms with E-state index < -0.39 is 5.97 Å². The van der Waals surface area contributed by atoms with E-state index in [1.807, 2.05) is 0 Å². The summed E-state index contributed by atoms with van der Waals surface area (Å²) < 4.78 is 1.41. The van der Waals surface area contributed by atoms with Crippen molar-refractivity contribution in [2.75, 3.05) is 19.6 Å². The molecule has 1 aromatic heterocycles. The highest BCUT2D eigenvalue weighted by Gasteiger charge is 2.16. The van der Waals surface area contributed by atoms with Crippen LogP contribution in [-0.4, -0.2) is 51.6 Å². The lowest BCUT2D eigenvalue weighted by Gasteiger charge is -2.22. The number of carboxylic acids is 1. The zero-order chi connectivity index (χ0) is 14.4. The molecule has 8 nitrogen and oxygen atoms in total. The number of hydrogen-bond acceptors (Lipinski definition) is 5. The van der Waals surface area contributed by atoms with E-state index in [1.165, 1.54) is 10.9 Å². The molecule has 3 N–H and O–H groups in total. The molecular weight excluding hydrogens is 262 g/mol. The first kappa shape index (κ1) is 14.4. The second-order valence-electron chi connectivity index (χ2n) is 4.94. The molecule has 0 bridgehead atoms. The minimum atomic E-state index is -1.11. The van der Waals surface area contributed by atoms with Crippen LogP contribution in [0.5, 0.6) is 0 Å². The molecule has 1 fully saturated rings. The Morgan fingerprint density at radius 2 is 2.40 bits per heavy atom. The molecule has 0 aliphatic carbocycles. The number of carboxylic acid groups (broad SMARTS) is 1. The third-order valence-electron chi connectivity index (χ3n) is 3.29. The van der Waals surface area contributed by atoms with Gasteiger partial charge in [-0.25, -0.2) is 9.48 Å². The lowest BCUT2D eigenvalue weighted by atomic mass is 9.96. The molecule has 2 rings (SSSR count). The number of nitrogens with zero attached hydrogens (tertiary/aromatic N) is 3. The third kappa shape index (κ3) is 4.30. The lowest BCUT2D eigenvalue weighted by molar-refractivity contribution is -0.122. The summed E-state index contributed by atoms with van der Waals surface area (Å²) in [5, 5.41) is 22.0. The molecule has 0 radical (unpaired) electrons. The molecule has 0 saturated carbocycles. The molecule has 1 aliphatic heterocycles. The van der Waals surface area contributed by atoms with E-state index in [0.29, 0.717) is 25.4 Å². The van der Waals surface area contributed by atoms with E-state index in [1.54, 1.807) is 0 Å². The van der Waals surface area contributed by atoms with Crippen LogP contribution in [0.15, 0.2) is 6.20 Å². The van der Waals surface area contributed by atoms with Crippen LogP contribution in [0.4, 0.5) is 0 Å². The number of aromatic nitrogens is 3. The number of hydrogen-bond donors (Lipinski definition) is 3. The van der Waals surface area contributed by atoms with Crippen molar-refractivity contribution in [1.29, 1.82) is 0 Å². The number of aromatic carboxylic acids is 1. The first-order valence-corrected chi connectivity index (χ1v) is 6.76. The quantitative estimate of drug-likeness (QED) is 0.647. The van der Waals surface area contributed by atoms with Gasteiger partial charge in [0, 0.05) is 13.0 Å². The highest BCUT2D eigenvalue weighted by atomic mass is 16.4. The highest BCUT2D eigenvalue weighted by Crippen LogP contribution is 2.13. The summed E-state index contributed by atoms with van der Waals surface area (Å²) in [6, 6.07) is 0. The lowest BCUT2D eigenvalue weighted by Crippen LogP contribution is -2.35. The average molecular weight is 281 g/mol. The summed E-state index contributed by atoms with van der Waals surface area (Å²) in [6.45, 7) is 2.77. The first-order chi connectivity index (χ1) is 9.65. The van der Waals surface area contributed by atoms with Gasteiger partial charge in [-0.15, -0.1) is 5.10 Å². The van der Waals surface area contributed by atoms with Crippen LogP contribution < -0.4 is 10.6 Å². The molecule has 1 aliphatic rings. The fourth-order valence-corrected chi connectivity index (χ4v) is 2.25. The molecule has 1 unspecified atom stereocenters. The Kier molecular flexibility index (Phi) is 5.05. The van der Waals surface area contributed by atoms with Gasteiger partial charge >= 0.3 is 5.97 Å². The summed E-state index contributed by atoms with van der Waals surface area (Å²) in [4.78, 5) is 22.4. The van der Waals surface area contributed by atoms with Crippen molar-refractivity contribution < 1.29 is 14.7 Å². The summed E-state index contributed by atoms with van der Waals surface area (Å²) in [5.74, 6) is -0.670. The molecule has 8 heteroatoms. The maximum absolute atomic E-state index is 11.7. The topological polar surface area (TPSA) is 109 Å². The minimum Gasteiger partial charge on any atom is -0.476 e. The van der Waals surface area contributed by atoms with Crippen molar-refractivity contribution in [3.05, 3.63) is 11.9 Å². The fourth-order valence-electron chi connectivity index (χ4n) is 2.25. The molecule has 0 spiro atoms. The molecule has 20 heavy (non-hydrogen) atoms. The number of carbonyl (C=O) groups is 2. The van der Waals surface area contributed by atoms with E-state index in [0.717, 1.165) is 25.9 Å². The molecule has 2 heterocycles. The fraction of sp³-hybridized carbons (Fsp3) is 0.667. The zero-order valence-corrected chi connectivity index (χ0v) is 11.2. The van der Waals surface area contributed by atoms with Gasteiger partial charge in [0.05, 0.1) is 12.7 Å². The van der Waals surface area contributed by atoms with Crippen molar-refractivity contribution >= 4 is 11.9 Å². The zero-order valence-electron chi connectivity index (χ0n) is 11.2. The monoisotopic (exact) mass is 281 g/mol. The maximum atomic E-state index is 11.7. The number of carbonyl (C=O) groups excluding carboxylic acids is 1. The van der Waals surface area contributed by atoms with Crippen molar-refractivity contribution in [3.63, 3.8) is 0 Å².